The van der Waals surface area contributed by atoms with E-state index in [1.807, 2.05) is 0 Å². The lowest BCUT2D eigenvalue weighted by Crippen LogP contribution is -2.36. The summed E-state index contributed by atoms with van der Waals surface area (Å²) in [5, 5.41) is 3.27. The van der Waals surface area contributed by atoms with Crippen molar-refractivity contribution in [2.75, 3.05) is 18.0 Å². The number of hydrogen-bond donors (Lipinski definition) is 1. The third-order valence-electron chi connectivity index (χ3n) is 3.70. The van der Waals surface area contributed by atoms with Crippen LogP contribution in [0.4, 0.5) is 6.01 Å². The molecular formula is C14H25N3O. The van der Waals surface area contributed by atoms with Gasteiger partial charge in [-0.1, -0.05) is 26.2 Å². The van der Waals surface area contributed by atoms with Crippen molar-refractivity contribution >= 4 is 6.01 Å². The fourth-order valence-electron chi connectivity index (χ4n) is 2.70. The highest BCUT2D eigenvalue weighted by molar-refractivity contribution is 5.29. The summed E-state index contributed by atoms with van der Waals surface area (Å²) in [6.07, 6.45) is 8.39. The van der Waals surface area contributed by atoms with Gasteiger partial charge in [0.2, 0.25) is 0 Å². The second-order valence-corrected chi connectivity index (χ2v) is 4.98. The molecule has 1 fully saturated rings. The van der Waals surface area contributed by atoms with Crippen LogP contribution in [0.25, 0.3) is 0 Å². The number of nitrogens with zero attached hydrogens (tertiary/aromatic N) is 2. The molecule has 1 aromatic rings. The van der Waals surface area contributed by atoms with Crippen molar-refractivity contribution in [3.05, 3.63) is 12.0 Å². The van der Waals surface area contributed by atoms with Gasteiger partial charge in [-0.3, -0.25) is 0 Å². The first-order chi connectivity index (χ1) is 8.85. The molecule has 1 aromatic heterocycles. The highest BCUT2D eigenvalue weighted by atomic mass is 16.4. The van der Waals surface area contributed by atoms with E-state index in [0.29, 0.717) is 6.04 Å². The summed E-state index contributed by atoms with van der Waals surface area (Å²) in [6.45, 7) is 7.01. The smallest absolute Gasteiger partial charge is 0.297 e. The molecule has 4 heteroatoms. The SMILES string of the molecule is CCNCc1coc(N(CC)C2CCCCC2)n1. The van der Waals surface area contributed by atoms with E-state index >= 15 is 0 Å². The summed E-state index contributed by atoms with van der Waals surface area (Å²) in [7, 11) is 0. The molecule has 0 unspecified atom stereocenters. The van der Waals surface area contributed by atoms with Crippen LogP contribution in [0.3, 0.4) is 0 Å². The van der Waals surface area contributed by atoms with Gasteiger partial charge in [-0.2, -0.15) is 4.98 Å². The number of hydrogen-bond acceptors (Lipinski definition) is 4. The predicted octanol–water partition coefficient (Wildman–Crippen LogP) is 2.94. The maximum Gasteiger partial charge on any atom is 0.297 e. The van der Waals surface area contributed by atoms with E-state index in [-0.39, 0.29) is 0 Å². The van der Waals surface area contributed by atoms with Gasteiger partial charge in [0.05, 0.1) is 5.69 Å². The summed E-state index contributed by atoms with van der Waals surface area (Å²) in [5.41, 5.74) is 1.00. The number of rotatable bonds is 6. The van der Waals surface area contributed by atoms with Gasteiger partial charge in [0.25, 0.3) is 6.01 Å². The van der Waals surface area contributed by atoms with Crippen molar-refractivity contribution in [3.8, 4) is 0 Å². The van der Waals surface area contributed by atoms with Crippen molar-refractivity contribution in [3.63, 3.8) is 0 Å². The molecular weight excluding hydrogens is 226 g/mol. The maximum absolute atomic E-state index is 5.64. The molecule has 1 aliphatic rings. The van der Waals surface area contributed by atoms with Gasteiger partial charge in [0.15, 0.2) is 0 Å². The summed E-state index contributed by atoms with van der Waals surface area (Å²) in [6, 6.07) is 1.42. The van der Waals surface area contributed by atoms with Gasteiger partial charge in [-0.25, -0.2) is 0 Å². The molecule has 102 valence electrons. The van der Waals surface area contributed by atoms with Gasteiger partial charge in [-0.15, -0.1) is 0 Å². The van der Waals surface area contributed by atoms with Gasteiger partial charge in [0.1, 0.15) is 6.26 Å². The van der Waals surface area contributed by atoms with Crippen molar-refractivity contribution in [2.45, 2.75) is 58.5 Å². The van der Waals surface area contributed by atoms with E-state index in [1.165, 1.54) is 32.1 Å². The topological polar surface area (TPSA) is 41.3 Å². The highest BCUT2D eigenvalue weighted by Crippen LogP contribution is 2.26. The van der Waals surface area contributed by atoms with Crippen LogP contribution in [0.1, 0.15) is 51.6 Å². The molecule has 0 aromatic carbocycles. The van der Waals surface area contributed by atoms with Crippen molar-refractivity contribution < 1.29 is 4.42 Å². The van der Waals surface area contributed by atoms with Gasteiger partial charge >= 0.3 is 0 Å². The Morgan fingerprint density at radius 1 is 1.33 bits per heavy atom. The van der Waals surface area contributed by atoms with E-state index in [4.69, 9.17) is 4.42 Å². The molecule has 2 rings (SSSR count). The Balaban J connectivity index is 1.99. The summed E-state index contributed by atoms with van der Waals surface area (Å²) in [4.78, 5) is 6.92. The quantitative estimate of drug-likeness (QED) is 0.844. The highest BCUT2D eigenvalue weighted by Gasteiger charge is 2.23. The molecule has 4 nitrogen and oxygen atoms in total. The standard InChI is InChI=1S/C14H25N3O/c1-3-15-10-12-11-18-14(16-12)17(4-2)13-8-6-5-7-9-13/h11,13,15H,3-10H2,1-2H3. The lowest BCUT2D eigenvalue weighted by Gasteiger charge is -2.32. The molecule has 1 saturated carbocycles. The monoisotopic (exact) mass is 251 g/mol. The molecule has 0 amide bonds. The van der Waals surface area contributed by atoms with Crippen LogP contribution in [0.5, 0.6) is 0 Å². The normalized spacial score (nSPS) is 17.0. The first kappa shape index (κ1) is 13.4. The average molecular weight is 251 g/mol. The second-order valence-electron chi connectivity index (χ2n) is 4.98. The Labute approximate surface area is 110 Å². The van der Waals surface area contributed by atoms with Crippen molar-refractivity contribution in [1.82, 2.24) is 10.3 Å². The predicted molar refractivity (Wildman–Crippen MR) is 73.8 cm³/mol. The fraction of sp³-hybridized carbons (Fsp3) is 0.786. The Morgan fingerprint density at radius 3 is 2.78 bits per heavy atom. The molecule has 1 aliphatic carbocycles. The summed E-state index contributed by atoms with van der Waals surface area (Å²) < 4.78 is 5.64. The molecule has 0 atom stereocenters. The van der Waals surface area contributed by atoms with Gasteiger partial charge in [-0.05, 0) is 26.3 Å². The van der Waals surface area contributed by atoms with E-state index in [1.54, 1.807) is 6.26 Å². The molecule has 0 spiro atoms. The fourth-order valence-corrected chi connectivity index (χ4v) is 2.70. The first-order valence-electron chi connectivity index (χ1n) is 7.27. The van der Waals surface area contributed by atoms with Gasteiger partial charge in [0, 0.05) is 19.1 Å². The van der Waals surface area contributed by atoms with E-state index in [9.17, 15) is 0 Å². The molecule has 0 saturated heterocycles. The van der Waals surface area contributed by atoms with Crippen LogP contribution in [-0.2, 0) is 6.54 Å². The largest absolute Gasteiger partial charge is 0.432 e. The minimum atomic E-state index is 0.620. The Hall–Kier alpha value is -1.03. The van der Waals surface area contributed by atoms with Crippen LogP contribution in [-0.4, -0.2) is 24.1 Å². The third-order valence-corrected chi connectivity index (χ3v) is 3.70. The van der Waals surface area contributed by atoms with Gasteiger partial charge < -0.3 is 14.6 Å². The zero-order valence-corrected chi connectivity index (χ0v) is 11.6. The lowest BCUT2D eigenvalue weighted by atomic mass is 9.94. The van der Waals surface area contributed by atoms with Crippen molar-refractivity contribution in [1.29, 1.82) is 0 Å². The van der Waals surface area contributed by atoms with E-state index in [0.717, 1.165) is 31.3 Å². The van der Waals surface area contributed by atoms with Crippen LogP contribution in [0.2, 0.25) is 0 Å². The molecule has 1 heterocycles. The third kappa shape index (κ3) is 3.25. The molecule has 0 aliphatic heterocycles. The Kier molecular flexibility index (Phi) is 5.05. The zero-order valence-electron chi connectivity index (χ0n) is 11.6. The van der Waals surface area contributed by atoms with E-state index < -0.39 is 0 Å². The second kappa shape index (κ2) is 6.78. The van der Waals surface area contributed by atoms with Crippen LogP contribution in [0.15, 0.2) is 10.7 Å². The molecule has 0 bridgehead atoms. The summed E-state index contributed by atoms with van der Waals surface area (Å²) >= 11 is 0. The number of oxazole rings is 1. The summed E-state index contributed by atoms with van der Waals surface area (Å²) in [5.74, 6) is 0. The van der Waals surface area contributed by atoms with Crippen LogP contribution < -0.4 is 10.2 Å². The molecule has 1 N–H and O–H groups in total. The Morgan fingerprint density at radius 2 is 2.11 bits per heavy atom. The lowest BCUT2D eigenvalue weighted by molar-refractivity contribution is 0.394. The minimum absolute atomic E-state index is 0.620. The minimum Gasteiger partial charge on any atom is -0.432 e. The number of nitrogens with one attached hydrogen (secondary N) is 1. The molecule has 18 heavy (non-hydrogen) atoms. The Bertz CT molecular complexity index is 345. The number of anilines is 1. The van der Waals surface area contributed by atoms with E-state index in [2.05, 4.69) is 29.0 Å². The molecule has 0 radical (unpaired) electrons. The van der Waals surface area contributed by atoms with Crippen molar-refractivity contribution in [2.24, 2.45) is 0 Å². The maximum atomic E-state index is 5.64. The number of aromatic nitrogens is 1. The zero-order chi connectivity index (χ0) is 12.8. The average Bonchev–Trinajstić information content (AvgIpc) is 2.87. The first-order valence-corrected chi connectivity index (χ1v) is 7.27. The van der Waals surface area contributed by atoms with Crippen LogP contribution in [0, 0.1) is 0 Å². The van der Waals surface area contributed by atoms with Crippen LogP contribution >= 0.6 is 0 Å².